The number of hydrogen-bond acceptors (Lipinski definition) is 3. The molecule has 0 aliphatic heterocycles. The van der Waals surface area contributed by atoms with Crippen molar-refractivity contribution >= 4 is 11.8 Å². The van der Waals surface area contributed by atoms with Crippen LogP contribution in [0.4, 0.5) is 0 Å². The second-order valence-electron chi connectivity index (χ2n) is 6.41. The molecule has 1 aromatic carbocycles. The molecular formula is C21H26N2OS. The highest BCUT2D eigenvalue weighted by Gasteiger charge is 2.25. The first-order chi connectivity index (χ1) is 12.0. The molecule has 0 unspecified atom stereocenters. The van der Waals surface area contributed by atoms with E-state index in [4.69, 9.17) is 5.26 Å². The molecule has 1 heterocycles. The van der Waals surface area contributed by atoms with Gasteiger partial charge in [0, 0.05) is 21.0 Å². The van der Waals surface area contributed by atoms with E-state index in [2.05, 4.69) is 17.1 Å². The minimum atomic E-state index is -0.0160. The maximum atomic E-state index is 12.2. The summed E-state index contributed by atoms with van der Waals surface area (Å²) in [5.74, 6) is 0.755. The highest BCUT2D eigenvalue weighted by Crippen LogP contribution is 2.39. The number of H-pyrrole nitrogens is 1. The monoisotopic (exact) mass is 354 g/mol. The van der Waals surface area contributed by atoms with Gasteiger partial charge in [-0.15, -0.1) is 0 Å². The normalized spacial score (nSPS) is 13.0. The Balaban J connectivity index is 0.00000109. The van der Waals surface area contributed by atoms with E-state index in [0.717, 1.165) is 39.0 Å². The fourth-order valence-electron chi connectivity index (χ4n) is 2.82. The van der Waals surface area contributed by atoms with E-state index in [1.807, 2.05) is 46.8 Å². The van der Waals surface area contributed by atoms with Crippen LogP contribution >= 0.6 is 11.8 Å². The van der Waals surface area contributed by atoms with Crippen LogP contribution in [0.1, 0.15) is 54.6 Å². The molecule has 1 aliphatic rings. The minimum absolute atomic E-state index is 0.0160. The number of rotatable bonds is 4. The van der Waals surface area contributed by atoms with Crippen LogP contribution in [-0.2, 0) is 6.42 Å². The van der Waals surface area contributed by atoms with Crippen LogP contribution in [0.2, 0.25) is 0 Å². The van der Waals surface area contributed by atoms with Gasteiger partial charge in [0.2, 0.25) is 0 Å². The number of benzene rings is 1. The molecule has 1 aromatic heterocycles. The molecule has 0 spiro atoms. The molecule has 4 heteroatoms. The number of hydrogen-bond donors (Lipinski definition) is 1. The van der Waals surface area contributed by atoms with Crippen molar-refractivity contribution in [1.82, 2.24) is 4.98 Å². The number of aryl methyl sites for hydroxylation is 2. The molecule has 1 N–H and O–H groups in total. The highest BCUT2D eigenvalue weighted by atomic mass is 32.2. The van der Waals surface area contributed by atoms with Crippen molar-refractivity contribution in [1.29, 1.82) is 5.26 Å². The Morgan fingerprint density at radius 3 is 2.48 bits per heavy atom. The van der Waals surface area contributed by atoms with E-state index >= 15 is 0 Å². The van der Waals surface area contributed by atoms with Gasteiger partial charge in [0.1, 0.15) is 0 Å². The van der Waals surface area contributed by atoms with Crippen LogP contribution in [0.15, 0.2) is 32.8 Å². The van der Waals surface area contributed by atoms with Gasteiger partial charge in [-0.2, -0.15) is 5.26 Å². The largest absolute Gasteiger partial charge is 0.326 e. The molecular weight excluding hydrogens is 328 g/mol. The van der Waals surface area contributed by atoms with Gasteiger partial charge >= 0.3 is 0 Å². The smallest absolute Gasteiger partial charge is 0.252 e. The predicted molar refractivity (Wildman–Crippen MR) is 104 cm³/mol. The minimum Gasteiger partial charge on any atom is -0.326 e. The second kappa shape index (κ2) is 8.40. The Morgan fingerprint density at radius 2 is 1.88 bits per heavy atom. The summed E-state index contributed by atoms with van der Waals surface area (Å²) in [4.78, 5) is 17.2. The van der Waals surface area contributed by atoms with E-state index in [1.54, 1.807) is 11.8 Å². The molecule has 25 heavy (non-hydrogen) atoms. The van der Waals surface area contributed by atoms with Crippen LogP contribution in [0.25, 0.3) is 0 Å². The lowest BCUT2D eigenvalue weighted by atomic mass is 10.1. The van der Waals surface area contributed by atoms with E-state index in [9.17, 15) is 4.79 Å². The third-order valence-corrected chi connectivity index (χ3v) is 5.53. The predicted octanol–water partition coefficient (Wildman–Crippen LogP) is 5.30. The van der Waals surface area contributed by atoms with Crippen molar-refractivity contribution in [3.05, 3.63) is 56.5 Å². The van der Waals surface area contributed by atoms with Crippen molar-refractivity contribution in [3.63, 3.8) is 0 Å². The van der Waals surface area contributed by atoms with Gasteiger partial charge in [0.05, 0.1) is 11.6 Å². The molecule has 2 aromatic rings. The second-order valence-corrected chi connectivity index (χ2v) is 7.49. The summed E-state index contributed by atoms with van der Waals surface area (Å²) in [6.07, 6.45) is 3.60. The number of aromatic nitrogens is 1. The van der Waals surface area contributed by atoms with E-state index in [0.29, 0.717) is 5.56 Å². The van der Waals surface area contributed by atoms with Gasteiger partial charge < -0.3 is 4.98 Å². The molecule has 0 atom stereocenters. The molecule has 1 fully saturated rings. The first kappa shape index (κ1) is 19.3. The van der Waals surface area contributed by atoms with Crippen molar-refractivity contribution in [2.24, 2.45) is 5.92 Å². The molecule has 1 saturated carbocycles. The average molecular weight is 355 g/mol. The summed E-state index contributed by atoms with van der Waals surface area (Å²) in [6.45, 7) is 9.86. The quantitative estimate of drug-likeness (QED) is 0.810. The number of pyridine rings is 1. The third kappa shape index (κ3) is 4.76. The Bertz CT molecular complexity index is 857. The fourth-order valence-corrected chi connectivity index (χ4v) is 4.09. The molecule has 1 aliphatic carbocycles. The molecule has 132 valence electrons. The lowest BCUT2D eigenvalue weighted by Crippen LogP contribution is -2.15. The van der Waals surface area contributed by atoms with Gasteiger partial charge in [-0.1, -0.05) is 25.6 Å². The van der Waals surface area contributed by atoms with Crippen LogP contribution < -0.4 is 5.56 Å². The van der Waals surface area contributed by atoms with Crippen LogP contribution in [0, 0.1) is 38.0 Å². The Labute approximate surface area is 154 Å². The molecule has 3 nitrogen and oxygen atoms in total. The molecule has 0 bridgehead atoms. The first-order valence-electron chi connectivity index (χ1n) is 8.90. The van der Waals surface area contributed by atoms with Crippen molar-refractivity contribution in [2.45, 2.75) is 63.7 Å². The summed E-state index contributed by atoms with van der Waals surface area (Å²) >= 11 is 1.61. The van der Waals surface area contributed by atoms with E-state index < -0.39 is 0 Å². The SMILES string of the molecule is CC.Cc1cc(C#N)cc(Sc2c(CC3CC3)c(C)[nH]c(=O)c2C)c1. The topological polar surface area (TPSA) is 56.6 Å². The van der Waals surface area contributed by atoms with Crippen molar-refractivity contribution in [3.8, 4) is 6.07 Å². The van der Waals surface area contributed by atoms with Gasteiger partial charge in [-0.3, -0.25) is 4.79 Å². The summed E-state index contributed by atoms with van der Waals surface area (Å²) in [7, 11) is 0. The van der Waals surface area contributed by atoms with Gasteiger partial charge in [-0.25, -0.2) is 0 Å². The number of aromatic amines is 1. The summed E-state index contributed by atoms with van der Waals surface area (Å²) < 4.78 is 0. The number of nitrogens with one attached hydrogen (secondary N) is 1. The summed E-state index contributed by atoms with van der Waals surface area (Å²) in [5, 5.41) is 9.16. The maximum absolute atomic E-state index is 12.2. The zero-order valence-electron chi connectivity index (χ0n) is 15.7. The first-order valence-corrected chi connectivity index (χ1v) is 9.71. The van der Waals surface area contributed by atoms with Crippen molar-refractivity contribution in [2.75, 3.05) is 0 Å². The number of nitrogens with zero attached hydrogens (tertiary/aromatic N) is 1. The maximum Gasteiger partial charge on any atom is 0.252 e. The highest BCUT2D eigenvalue weighted by molar-refractivity contribution is 7.99. The molecule has 3 rings (SSSR count). The van der Waals surface area contributed by atoms with Crippen LogP contribution in [-0.4, -0.2) is 4.98 Å². The Morgan fingerprint density at radius 1 is 1.20 bits per heavy atom. The molecule has 0 radical (unpaired) electrons. The summed E-state index contributed by atoms with van der Waals surface area (Å²) in [6, 6.07) is 8.06. The zero-order chi connectivity index (χ0) is 18.6. The average Bonchev–Trinajstić information content (AvgIpc) is 3.41. The lowest BCUT2D eigenvalue weighted by molar-refractivity contribution is 0.791. The molecule has 0 amide bonds. The zero-order valence-corrected chi connectivity index (χ0v) is 16.5. The van der Waals surface area contributed by atoms with Gasteiger partial charge in [0.25, 0.3) is 5.56 Å². The number of nitriles is 1. The van der Waals surface area contributed by atoms with Crippen LogP contribution in [0.3, 0.4) is 0 Å². The Kier molecular flexibility index (Phi) is 6.50. The van der Waals surface area contributed by atoms with Gasteiger partial charge in [-0.05, 0) is 75.3 Å². The fraction of sp³-hybridized carbons (Fsp3) is 0.429. The van der Waals surface area contributed by atoms with Crippen LogP contribution in [0.5, 0.6) is 0 Å². The summed E-state index contributed by atoms with van der Waals surface area (Å²) in [5.41, 5.74) is 4.72. The molecule has 0 saturated heterocycles. The lowest BCUT2D eigenvalue weighted by Gasteiger charge is -2.15. The van der Waals surface area contributed by atoms with Crippen molar-refractivity contribution < 1.29 is 0 Å². The standard InChI is InChI=1S/C19H20N2OS.C2H6/c1-11-6-15(10-20)8-16(7-11)23-18-12(2)19(22)21-13(3)17(18)9-14-4-5-14;1-2/h6-8,14H,4-5,9H2,1-3H3,(H,21,22);1-2H3. The van der Waals surface area contributed by atoms with Gasteiger partial charge in [0.15, 0.2) is 0 Å². The third-order valence-electron chi connectivity index (χ3n) is 4.30. The van der Waals surface area contributed by atoms with E-state index in [1.165, 1.54) is 18.4 Å². The Hall–Kier alpha value is -1.99. The van der Waals surface area contributed by atoms with E-state index in [-0.39, 0.29) is 5.56 Å².